The van der Waals surface area contributed by atoms with Crippen molar-refractivity contribution in [2.45, 2.75) is 19.4 Å². The molecule has 1 N–H and O–H groups in total. The third-order valence-corrected chi connectivity index (χ3v) is 5.24. The molecule has 0 amide bonds. The van der Waals surface area contributed by atoms with Gasteiger partial charge in [-0.15, -0.1) is 0 Å². The van der Waals surface area contributed by atoms with E-state index in [1.807, 2.05) is 13.0 Å². The largest absolute Gasteiger partial charge is 0.379 e. The van der Waals surface area contributed by atoms with Crippen LogP contribution in [0.4, 0.5) is 4.39 Å². The minimum Gasteiger partial charge on any atom is -0.379 e. The van der Waals surface area contributed by atoms with Gasteiger partial charge in [0.1, 0.15) is 5.82 Å². The first-order chi connectivity index (χ1) is 10.5. The lowest BCUT2D eigenvalue weighted by molar-refractivity contribution is 0.0171. The van der Waals surface area contributed by atoms with E-state index < -0.39 is 10.0 Å². The van der Waals surface area contributed by atoms with E-state index in [-0.39, 0.29) is 24.2 Å². The summed E-state index contributed by atoms with van der Waals surface area (Å²) in [6.45, 7) is 4.69. The lowest BCUT2D eigenvalue weighted by Gasteiger charge is -2.34. The molecule has 1 aromatic rings. The van der Waals surface area contributed by atoms with Gasteiger partial charge in [-0.25, -0.2) is 17.5 Å². The van der Waals surface area contributed by atoms with Crippen LogP contribution in [-0.4, -0.2) is 51.9 Å². The Labute approximate surface area is 131 Å². The smallest absolute Gasteiger partial charge is 0.211 e. The van der Waals surface area contributed by atoms with Gasteiger partial charge in [0.15, 0.2) is 0 Å². The molecule has 0 unspecified atom stereocenters. The lowest BCUT2D eigenvalue weighted by atomic mass is 10.0. The van der Waals surface area contributed by atoms with Crippen molar-refractivity contribution in [3.63, 3.8) is 0 Å². The molecule has 5 nitrogen and oxygen atoms in total. The molecule has 1 aliphatic rings. The van der Waals surface area contributed by atoms with Crippen LogP contribution < -0.4 is 4.72 Å². The molecule has 1 atom stereocenters. The Balaban J connectivity index is 2.14. The number of morpholine rings is 1. The second-order valence-electron chi connectivity index (χ2n) is 5.39. The van der Waals surface area contributed by atoms with Gasteiger partial charge in [-0.05, 0) is 24.1 Å². The molecule has 124 valence electrons. The first-order valence-electron chi connectivity index (χ1n) is 7.56. The second kappa shape index (κ2) is 8.01. The van der Waals surface area contributed by atoms with Crippen LogP contribution in [0.3, 0.4) is 0 Å². The molecule has 2 rings (SSSR count). The minimum atomic E-state index is -3.29. The highest BCUT2D eigenvalue weighted by Crippen LogP contribution is 2.22. The molecule has 1 heterocycles. The zero-order valence-corrected chi connectivity index (χ0v) is 13.6. The molecule has 1 saturated heterocycles. The van der Waals surface area contributed by atoms with Gasteiger partial charge in [0.05, 0.1) is 19.0 Å². The van der Waals surface area contributed by atoms with Crippen molar-refractivity contribution in [2.75, 3.05) is 38.6 Å². The topological polar surface area (TPSA) is 58.6 Å². The van der Waals surface area contributed by atoms with Gasteiger partial charge in [0.2, 0.25) is 10.0 Å². The average Bonchev–Trinajstić information content (AvgIpc) is 2.48. The van der Waals surface area contributed by atoms with Gasteiger partial charge in [-0.2, -0.15) is 0 Å². The van der Waals surface area contributed by atoms with Crippen LogP contribution in [0.5, 0.6) is 0 Å². The number of hydrogen-bond acceptors (Lipinski definition) is 4. The maximum Gasteiger partial charge on any atom is 0.211 e. The highest BCUT2D eigenvalue weighted by Gasteiger charge is 2.24. The van der Waals surface area contributed by atoms with Crippen molar-refractivity contribution in [1.29, 1.82) is 0 Å². The quantitative estimate of drug-likeness (QED) is 0.824. The normalized spacial score (nSPS) is 18.3. The number of nitrogens with zero attached hydrogens (tertiary/aromatic N) is 1. The predicted molar refractivity (Wildman–Crippen MR) is 83.6 cm³/mol. The fourth-order valence-corrected chi connectivity index (χ4v) is 3.70. The molecular formula is C15H23FN2O3S. The highest BCUT2D eigenvalue weighted by atomic mass is 32.2. The molecular weight excluding hydrogens is 307 g/mol. The van der Waals surface area contributed by atoms with E-state index in [9.17, 15) is 12.8 Å². The van der Waals surface area contributed by atoms with Crippen LogP contribution in [0.15, 0.2) is 24.3 Å². The van der Waals surface area contributed by atoms with Crippen molar-refractivity contribution >= 4 is 10.0 Å². The van der Waals surface area contributed by atoms with Gasteiger partial charge in [0, 0.05) is 25.7 Å². The summed E-state index contributed by atoms with van der Waals surface area (Å²) in [6, 6.07) is 6.15. The number of ether oxygens (including phenoxy) is 1. The molecule has 1 fully saturated rings. The van der Waals surface area contributed by atoms with Crippen LogP contribution in [0.25, 0.3) is 0 Å². The Kier molecular flexibility index (Phi) is 6.31. The van der Waals surface area contributed by atoms with Crippen LogP contribution in [0, 0.1) is 5.82 Å². The molecule has 0 saturated carbocycles. The van der Waals surface area contributed by atoms with Crippen LogP contribution in [0.2, 0.25) is 0 Å². The fraction of sp³-hybridized carbons (Fsp3) is 0.600. The van der Waals surface area contributed by atoms with Crippen molar-refractivity contribution in [3.8, 4) is 0 Å². The number of halogens is 1. The Morgan fingerprint density at radius 1 is 1.36 bits per heavy atom. The van der Waals surface area contributed by atoms with Crippen molar-refractivity contribution in [2.24, 2.45) is 0 Å². The van der Waals surface area contributed by atoms with E-state index in [1.165, 1.54) is 12.1 Å². The summed E-state index contributed by atoms with van der Waals surface area (Å²) in [5, 5.41) is 0. The zero-order valence-electron chi connectivity index (χ0n) is 12.8. The van der Waals surface area contributed by atoms with E-state index in [1.54, 1.807) is 6.07 Å². The fourth-order valence-electron chi connectivity index (χ4n) is 2.61. The molecule has 1 aromatic carbocycles. The monoisotopic (exact) mass is 330 g/mol. The van der Waals surface area contributed by atoms with Crippen LogP contribution >= 0.6 is 0 Å². The van der Waals surface area contributed by atoms with E-state index in [4.69, 9.17) is 4.74 Å². The van der Waals surface area contributed by atoms with Crippen molar-refractivity contribution < 1.29 is 17.5 Å². The zero-order chi connectivity index (χ0) is 16.0. The third kappa shape index (κ3) is 5.01. The average molecular weight is 330 g/mol. The molecule has 7 heteroatoms. The number of benzene rings is 1. The first-order valence-corrected chi connectivity index (χ1v) is 9.21. The summed E-state index contributed by atoms with van der Waals surface area (Å²) in [5.41, 5.74) is 0.779. The van der Waals surface area contributed by atoms with Gasteiger partial charge in [-0.3, -0.25) is 4.90 Å². The summed E-state index contributed by atoms with van der Waals surface area (Å²) < 4.78 is 45.3. The van der Waals surface area contributed by atoms with Crippen molar-refractivity contribution in [1.82, 2.24) is 9.62 Å². The van der Waals surface area contributed by atoms with Crippen LogP contribution in [0.1, 0.15) is 24.9 Å². The lowest BCUT2D eigenvalue weighted by Crippen LogP contribution is -2.44. The maximum absolute atomic E-state index is 13.5. The summed E-state index contributed by atoms with van der Waals surface area (Å²) in [5.74, 6) is -0.210. The molecule has 0 aliphatic carbocycles. The van der Waals surface area contributed by atoms with E-state index in [0.29, 0.717) is 32.7 Å². The number of rotatable bonds is 7. The Morgan fingerprint density at radius 2 is 2.09 bits per heavy atom. The van der Waals surface area contributed by atoms with Crippen molar-refractivity contribution in [3.05, 3.63) is 35.6 Å². The summed E-state index contributed by atoms with van der Waals surface area (Å²) in [7, 11) is -3.29. The summed E-state index contributed by atoms with van der Waals surface area (Å²) in [6.07, 6.45) is 0.567. The summed E-state index contributed by atoms with van der Waals surface area (Å²) in [4.78, 5) is 2.13. The molecule has 22 heavy (non-hydrogen) atoms. The first kappa shape index (κ1) is 17.3. The Bertz CT molecular complexity index is 574. The highest BCUT2D eigenvalue weighted by molar-refractivity contribution is 7.89. The Hall–Kier alpha value is -1.02. The number of sulfonamides is 1. The van der Waals surface area contributed by atoms with E-state index >= 15 is 0 Å². The maximum atomic E-state index is 13.5. The second-order valence-corrected chi connectivity index (χ2v) is 7.31. The third-order valence-electron chi connectivity index (χ3n) is 3.69. The van der Waals surface area contributed by atoms with Gasteiger partial charge in [-0.1, -0.05) is 19.1 Å². The molecule has 0 aromatic heterocycles. The number of hydrogen-bond donors (Lipinski definition) is 1. The number of nitrogens with one attached hydrogen (secondary N) is 1. The van der Waals surface area contributed by atoms with E-state index in [0.717, 1.165) is 5.56 Å². The predicted octanol–water partition coefficient (Wildman–Crippen LogP) is 1.53. The molecule has 1 aliphatic heterocycles. The molecule has 0 radical (unpaired) electrons. The molecule has 0 bridgehead atoms. The summed E-state index contributed by atoms with van der Waals surface area (Å²) >= 11 is 0. The van der Waals surface area contributed by atoms with Gasteiger partial charge in [0.25, 0.3) is 0 Å². The van der Waals surface area contributed by atoms with E-state index in [2.05, 4.69) is 9.62 Å². The minimum absolute atomic E-state index is 0.103. The van der Waals surface area contributed by atoms with Gasteiger partial charge < -0.3 is 4.74 Å². The van der Waals surface area contributed by atoms with Crippen LogP contribution in [-0.2, 0) is 14.8 Å². The molecule has 0 spiro atoms. The van der Waals surface area contributed by atoms with Gasteiger partial charge >= 0.3 is 0 Å². The Morgan fingerprint density at radius 3 is 2.73 bits per heavy atom. The SMILES string of the molecule is CCCS(=O)(=O)NC[C@H](c1cccc(F)c1)N1CCOCC1. The standard InChI is InChI=1S/C15H23FN2O3S/c1-2-10-22(19,20)17-12-15(18-6-8-21-9-7-18)13-4-3-5-14(16)11-13/h3-5,11,15,17H,2,6-10,12H2,1H3/t15-/m1/s1.